The first-order valence-corrected chi connectivity index (χ1v) is 7.06. The Kier molecular flexibility index (Phi) is 4.10. The molecule has 3 nitrogen and oxygen atoms in total. The molecule has 2 atom stereocenters. The molecule has 0 aliphatic carbocycles. The third-order valence-electron chi connectivity index (χ3n) is 2.80. The molecule has 0 saturated heterocycles. The Balaban J connectivity index is 2.99. The van der Waals surface area contributed by atoms with Gasteiger partial charge in [-0.25, -0.2) is 8.42 Å². The number of sulfone groups is 1. The minimum absolute atomic E-state index is 0.0526. The van der Waals surface area contributed by atoms with Crippen molar-refractivity contribution >= 4 is 9.84 Å². The number of aryl methyl sites for hydroxylation is 1. The lowest BCUT2D eigenvalue weighted by Gasteiger charge is -2.19. The average Bonchev–Trinajstić information content (AvgIpc) is 2.27. The maximum atomic E-state index is 11.6. The number of benzene rings is 1. The second kappa shape index (κ2) is 4.97. The molecule has 4 heteroatoms. The Labute approximate surface area is 97.0 Å². The van der Waals surface area contributed by atoms with Gasteiger partial charge in [-0.05, 0) is 19.4 Å². The molecule has 0 unspecified atom stereocenters. The van der Waals surface area contributed by atoms with Crippen LogP contribution in [0.1, 0.15) is 31.1 Å². The lowest BCUT2D eigenvalue weighted by molar-refractivity contribution is 0.176. The molecule has 1 rings (SSSR count). The highest BCUT2D eigenvalue weighted by Crippen LogP contribution is 2.23. The highest BCUT2D eigenvalue weighted by molar-refractivity contribution is 7.92. The van der Waals surface area contributed by atoms with Crippen LogP contribution in [0.4, 0.5) is 0 Å². The van der Waals surface area contributed by atoms with Gasteiger partial charge in [0.1, 0.15) is 0 Å². The van der Waals surface area contributed by atoms with Crippen molar-refractivity contribution in [2.45, 2.75) is 32.1 Å². The van der Waals surface area contributed by atoms with Crippen LogP contribution in [0.25, 0.3) is 0 Å². The summed E-state index contributed by atoms with van der Waals surface area (Å²) in [6, 6.07) is 7.29. The van der Waals surface area contributed by atoms with Gasteiger partial charge in [-0.2, -0.15) is 0 Å². The second-order valence-corrected chi connectivity index (χ2v) is 6.66. The van der Waals surface area contributed by atoms with Crippen LogP contribution >= 0.6 is 0 Å². The monoisotopic (exact) mass is 242 g/mol. The van der Waals surface area contributed by atoms with E-state index in [0.717, 1.165) is 5.56 Å². The van der Waals surface area contributed by atoms with Gasteiger partial charge in [-0.1, -0.05) is 36.8 Å². The van der Waals surface area contributed by atoms with Crippen LogP contribution in [0.5, 0.6) is 0 Å². The molecule has 16 heavy (non-hydrogen) atoms. The molecule has 1 N–H and O–H groups in total. The number of hydrogen-bond donors (Lipinski definition) is 1. The zero-order chi connectivity index (χ0) is 12.3. The summed E-state index contributed by atoms with van der Waals surface area (Å²) in [5.41, 5.74) is 1.67. The fourth-order valence-electron chi connectivity index (χ4n) is 1.58. The molecule has 0 radical (unpaired) electrons. The van der Waals surface area contributed by atoms with Gasteiger partial charge in [0, 0.05) is 5.75 Å². The topological polar surface area (TPSA) is 54.4 Å². The van der Waals surface area contributed by atoms with Crippen molar-refractivity contribution in [1.82, 2.24) is 0 Å². The molecule has 0 fully saturated rings. The van der Waals surface area contributed by atoms with Crippen LogP contribution in [0, 0.1) is 6.92 Å². The zero-order valence-electron chi connectivity index (χ0n) is 9.84. The standard InChI is InChI=1S/C12H18O3S/c1-4-16(14,15)10(3)12(13)11-7-5-6-9(2)8-11/h5-8,10,12-13H,4H2,1-3H3/t10-,12-/m0/s1. The van der Waals surface area contributed by atoms with Crippen molar-refractivity contribution in [3.8, 4) is 0 Å². The summed E-state index contributed by atoms with van der Waals surface area (Å²) in [4.78, 5) is 0. The van der Waals surface area contributed by atoms with E-state index in [4.69, 9.17) is 0 Å². The SMILES string of the molecule is CCS(=O)(=O)[C@@H](C)[C@H](O)c1cccc(C)c1. The van der Waals surface area contributed by atoms with Gasteiger partial charge < -0.3 is 5.11 Å². The van der Waals surface area contributed by atoms with Gasteiger partial charge in [0.2, 0.25) is 0 Å². The van der Waals surface area contributed by atoms with Crippen LogP contribution in [0.3, 0.4) is 0 Å². The quantitative estimate of drug-likeness (QED) is 0.876. The van der Waals surface area contributed by atoms with Gasteiger partial charge in [-0.3, -0.25) is 0 Å². The van der Waals surface area contributed by atoms with E-state index in [1.54, 1.807) is 19.9 Å². The molecule has 0 spiro atoms. The van der Waals surface area contributed by atoms with Crippen molar-refractivity contribution in [1.29, 1.82) is 0 Å². The van der Waals surface area contributed by atoms with Crippen LogP contribution in [-0.2, 0) is 9.84 Å². The van der Waals surface area contributed by atoms with Crippen LogP contribution in [0.15, 0.2) is 24.3 Å². The minimum Gasteiger partial charge on any atom is -0.387 e. The van der Waals surface area contributed by atoms with Crippen molar-refractivity contribution < 1.29 is 13.5 Å². The summed E-state index contributed by atoms with van der Waals surface area (Å²) in [5, 5.41) is 9.24. The molecule has 0 aliphatic heterocycles. The van der Waals surface area contributed by atoms with Crippen LogP contribution < -0.4 is 0 Å². The van der Waals surface area contributed by atoms with Crippen molar-refractivity contribution in [2.75, 3.05) is 5.75 Å². The molecule has 0 heterocycles. The van der Waals surface area contributed by atoms with Crippen molar-refractivity contribution in [3.63, 3.8) is 0 Å². The highest BCUT2D eigenvalue weighted by Gasteiger charge is 2.27. The Morgan fingerprint density at radius 2 is 2.00 bits per heavy atom. The van der Waals surface area contributed by atoms with Gasteiger partial charge in [-0.15, -0.1) is 0 Å². The van der Waals surface area contributed by atoms with Crippen molar-refractivity contribution in [2.24, 2.45) is 0 Å². The fourth-order valence-corrected chi connectivity index (χ4v) is 2.66. The average molecular weight is 242 g/mol. The lowest BCUT2D eigenvalue weighted by atomic mass is 10.0. The maximum absolute atomic E-state index is 11.6. The van der Waals surface area contributed by atoms with Crippen molar-refractivity contribution in [3.05, 3.63) is 35.4 Å². The normalized spacial score (nSPS) is 15.8. The van der Waals surface area contributed by atoms with E-state index in [1.807, 2.05) is 25.1 Å². The molecule has 0 aliphatic rings. The molecule has 0 bridgehead atoms. The fraction of sp³-hybridized carbons (Fsp3) is 0.500. The summed E-state index contributed by atoms with van der Waals surface area (Å²) in [6.07, 6.45) is -0.954. The molecule has 90 valence electrons. The van der Waals surface area contributed by atoms with Gasteiger partial charge in [0.05, 0.1) is 11.4 Å². The first-order chi connectivity index (χ1) is 7.38. The molecule has 1 aromatic rings. The smallest absolute Gasteiger partial charge is 0.155 e. The Morgan fingerprint density at radius 3 is 2.50 bits per heavy atom. The van der Waals surface area contributed by atoms with Crippen LogP contribution in [0.2, 0.25) is 0 Å². The summed E-state index contributed by atoms with van der Waals surface area (Å²) in [5.74, 6) is 0.0526. The molecule has 0 amide bonds. The molecule has 1 aromatic carbocycles. The van der Waals surface area contributed by atoms with E-state index >= 15 is 0 Å². The summed E-state index contributed by atoms with van der Waals surface area (Å²) >= 11 is 0. The number of aliphatic hydroxyl groups is 1. The molecule has 0 saturated carbocycles. The van der Waals surface area contributed by atoms with E-state index in [2.05, 4.69) is 0 Å². The third kappa shape index (κ3) is 2.83. The first-order valence-electron chi connectivity index (χ1n) is 5.34. The van der Waals surface area contributed by atoms with E-state index in [0.29, 0.717) is 5.56 Å². The van der Waals surface area contributed by atoms with E-state index in [9.17, 15) is 13.5 Å². The lowest BCUT2D eigenvalue weighted by Crippen LogP contribution is -2.26. The third-order valence-corrected chi connectivity index (χ3v) is 4.99. The number of hydrogen-bond acceptors (Lipinski definition) is 3. The Morgan fingerprint density at radius 1 is 1.38 bits per heavy atom. The predicted molar refractivity (Wildman–Crippen MR) is 65.1 cm³/mol. The first kappa shape index (κ1) is 13.2. The Bertz CT molecular complexity index is 451. The molecular weight excluding hydrogens is 224 g/mol. The number of rotatable bonds is 4. The van der Waals surface area contributed by atoms with E-state index < -0.39 is 21.2 Å². The predicted octanol–water partition coefficient (Wildman–Crippen LogP) is 1.85. The largest absolute Gasteiger partial charge is 0.387 e. The summed E-state index contributed by atoms with van der Waals surface area (Å²) in [6.45, 7) is 5.05. The Hall–Kier alpha value is -0.870. The molecule has 0 aromatic heterocycles. The highest BCUT2D eigenvalue weighted by atomic mass is 32.2. The summed E-state index contributed by atoms with van der Waals surface area (Å²) in [7, 11) is -3.21. The maximum Gasteiger partial charge on any atom is 0.155 e. The molecular formula is C12H18O3S. The van der Waals surface area contributed by atoms with E-state index in [1.165, 1.54) is 0 Å². The van der Waals surface area contributed by atoms with Gasteiger partial charge in [0.25, 0.3) is 0 Å². The number of aliphatic hydroxyl groups excluding tert-OH is 1. The van der Waals surface area contributed by atoms with Gasteiger partial charge in [0.15, 0.2) is 9.84 Å². The minimum atomic E-state index is -3.21. The second-order valence-electron chi connectivity index (χ2n) is 4.02. The zero-order valence-corrected chi connectivity index (χ0v) is 10.7. The van der Waals surface area contributed by atoms with E-state index in [-0.39, 0.29) is 5.75 Å². The summed E-state index contributed by atoms with van der Waals surface area (Å²) < 4.78 is 23.3. The van der Waals surface area contributed by atoms with Gasteiger partial charge >= 0.3 is 0 Å². The van der Waals surface area contributed by atoms with Crippen LogP contribution in [-0.4, -0.2) is 24.5 Å².